The van der Waals surface area contributed by atoms with E-state index in [1.165, 1.54) is 6.07 Å². The minimum atomic E-state index is -0.435. The first-order valence-corrected chi connectivity index (χ1v) is 6.52. The molecule has 0 heterocycles. The first-order chi connectivity index (χ1) is 10.0. The molecular formula is C16H17NO4. The van der Waals surface area contributed by atoms with E-state index in [-0.39, 0.29) is 18.0 Å². The van der Waals surface area contributed by atoms with E-state index in [0.717, 1.165) is 16.7 Å². The number of benzene rings is 2. The number of aryl methyl sites for hydroxylation is 2. The van der Waals surface area contributed by atoms with Gasteiger partial charge in [-0.25, -0.2) is 0 Å². The van der Waals surface area contributed by atoms with Gasteiger partial charge in [0.25, 0.3) is 0 Å². The summed E-state index contributed by atoms with van der Waals surface area (Å²) in [6, 6.07) is 10.7. The number of ether oxygens (including phenoxy) is 2. The smallest absolute Gasteiger partial charge is 0.311 e. The Hall–Kier alpha value is -2.56. The number of nitrogens with zero attached hydrogens (tertiary/aromatic N) is 1. The van der Waals surface area contributed by atoms with Gasteiger partial charge in [0.1, 0.15) is 12.4 Å². The minimum Gasteiger partial charge on any atom is -0.496 e. The lowest BCUT2D eigenvalue weighted by Gasteiger charge is -2.11. The zero-order valence-corrected chi connectivity index (χ0v) is 12.3. The Morgan fingerprint density at radius 1 is 1.05 bits per heavy atom. The lowest BCUT2D eigenvalue weighted by Crippen LogP contribution is -2.01. The van der Waals surface area contributed by atoms with E-state index in [1.807, 2.05) is 25.1 Å². The SMILES string of the molecule is COc1ccc(C)cc1COc1ccc(C)cc1[N+](=O)[O-]. The number of hydrogen-bond donors (Lipinski definition) is 0. The Kier molecular flexibility index (Phi) is 4.42. The number of nitro groups is 1. The quantitative estimate of drug-likeness (QED) is 0.620. The highest BCUT2D eigenvalue weighted by Gasteiger charge is 2.15. The summed E-state index contributed by atoms with van der Waals surface area (Å²) in [5, 5.41) is 11.1. The molecule has 110 valence electrons. The molecule has 2 rings (SSSR count). The third-order valence-electron chi connectivity index (χ3n) is 3.13. The largest absolute Gasteiger partial charge is 0.496 e. The third kappa shape index (κ3) is 3.51. The van der Waals surface area contributed by atoms with Crippen LogP contribution in [0.1, 0.15) is 16.7 Å². The maximum absolute atomic E-state index is 11.1. The molecule has 0 spiro atoms. The molecule has 0 aliphatic carbocycles. The summed E-state index contributed by atoms with van der Waals surface area (Å²) in [6.07, 6.45) is 0. The van der Waals surface area contributed by atoms with Crippen LogP contribution in [-0.2, 0) is 6.61 Å². The summed E-state index contributed by atoms with van der Waals surface area (Å²) in [5.41, 5.74) is 2.73. The molecule has 2 aromatic rings. The van der Waals surface area contributed by atoms with Gasteiger partial charge in [0.05, 0.1) is 12.0 Å². The van der Waals surface area contributed by atoms with Gasteiger partial charge in [0.15, 0.2) is 5.75 Å². The lowest BCUT2D eigenvalue weighted by atomic mass is 10.1. The van der Waals surface area contributed by atoms with Crippen molar-refractivity contribution in [3.8, 4) is 11.5 Å². The molecule has 0 radical (unpaired) electrons. The Labute approximate surface area is 123 Å². The zero-order valence-electron chi connectivity index (χ0n) is 12.3. The van der Waals surface area contributed by atoms with Crippen LogP contribution in [0.15, 0.2) is 36.4 Å². The number of nitro benzene ring substituents is 1. The van der Waals surface area contributed by atoms with Crippen molar-refractivity contribution in [3.05, 3.63) is 63.2 Å². The predicted molar refractivity (Wildman–Crippen MR) is 79.9 cm³/mol. The van der Waals surface area contributed by atoms with Crippen molar-refractivity contribution in [2.75, 3.05) is 7.11 Å². The fourth-order valence-electron chi connectivity index (χ4n) is 2.07. The molecule has 0 aromatic heterocycles. The van der Waals surface area contributed by atoms with Crippen LogP contribution in [-0.4, -0.2) is 12.0 Å². The van der Waals surface area contributed by atoms with Crippen LogP contribution in [0.3, 0.4) is 0 Å². The monoisotopic (exact) mass is 287 g/mol. The summed E-state index contributed by atoms with van der Waals surface area (Å²) in [6.45, 7) is 3.99. The highest BCUT2D eigenvalue weighted by Crippen LogP contribution is 2.29. The van der Waals surface area contributed by atoms with Gasteiger partial charge in [0, 0.05) is 11.6 Å². The average molecular weight is 287 g/mol. The van der Waals surface area contributed by atoms with Crippen LogP contribution in [0.25, 0.3) is 0 Å². The molecule has 0 amide bonds. The summed E-state index contributed by atoms with van der Waals surface area (Å²) in [5.74, 6) is 0.963. The number of hydrogen-bond acceptors (Lipinski definition) is 4. The molecule has 0 atom stereocenters. The maximum atomic E-state index is 11.1. The van der Waals surface area contributed by atoms with E-state index in [4.69, 9.17) is 9.47 Å². The normalized spacial score (nSPS) is 10.2. The fourth-order valence-corrected chi connectivity index (χ4v) is 2.07. The second-order valence-electron chi connectivity index (χ2n) is 4.83. The van der Waals surface area contributed by atoms with Crippen LogP contribution in [0.5, 0.6) is 11.5 Å². The van der Waals surface area contributed by atoms with Crippen LogP contribution >= 0.6 is 0 Å². The molecule has 0 aliphatic rings. The van der Waals surface area contributed by atoms with Crippen LogP contribution in [0.4, 0.5) is 5.69 Å². The Balaban J connectivity index is 2.24. The van der Waals surface area contributed by atoms with Crippen molar-refractivity contribution < 1.29 is 14.4 Å². The Morgan fingerprint density at radius 2 is 1.67 bits per heavy atom. The lowest BCUT2D eigenvalue weighted by molar-refractivity contribution is -0.386. The van der Waals surface area contributed by atoms with Gasteiger partial charge in [-0.3, -0.25) is 10.1 Å². The van der Waals surface area contributed by atoms with Crippen molar-refractivity contribution in [1.29, 1.82) is 0 Å². The van der Waals surface area contributed by atoms with Crippen LogP contribution in [0.2, 0.25) is 0 Å². The summed E-state index contributed by atoms with van der Waals surface area (Å²) < 4.78 is 10.9. The van der Waals surface area contributed by atoms with Gasteiger partial charge >= 0.3 is 5.69 Å². The molecule has 0 bridgehead atoms. The zero-order chi connectivity index (χ0) is 15.4. The average Bonchev–Trinajstić information content (AvgIpc) is 2.46. The summed E-state index contributed by atoms with van der Waals surface area (Å²) in [7, 11) is 1.59. The Bertz CT molecular complexity index is 667. The van der Waals surface area contributed by atoms with Gasteiger partial charge in [-0.2, -0.15) is 0 Å². The van der Waals surface area contributed by atoms with E-state index in [1.54, 1.807) is 26.2 Å². The van der Waals surface area contributed by atoms with E-state index in [9.17, 15) is 10.1 Å². The summed E-state index contributed by atoms with van der Waals surface area (Å²) in [4.78, 5) is 10.6. The second kappa shape index (κ2) is 6.26. The topological polar surface area (TPSA) is 61.6 Å². The van der Waals surface area contributed by atoms with Crippen LogP contribution < -0.4 is 9.47 Å². The standard InChI is InChI=1S/C16H17NO4/c1-11-4-6-15(20-3)13(8-11)10-21-16-7-5-12(2)9-14(16)17(18)19/h4-9H,10H2,1-3H3. The number of methoxy groups -OCH3 is 1. The molecule has 0 unspecified atom stereocenters. The molecule has 0 saturated heterocycles. The van der Waals surface area contributed by atoms with E-state index >= 15 is 0 Å². The molecule has 5 heteroatoms. The molecule has 21 heavy (non-hydrogen) atoms. The van der Waals surface area contributed by atoms with E-state index in [0.29, 0.717) is 5.75 Å². The molecule has 5 nitrogen and oxygen atoms in total. The van der Waals surface area contributed by atoms with Gasteiger partial charge in [-0.1, -0.05) is 17.7 Å². The minimum absolute atomic E-state index is 0.0263. The fraction of sp³-hybridized carbons (Fsp3) is 0.250. The van der Waals surface area contributed by atoms with Crippen molar-refractivity contribution in [1.82, 2.24) is 0 Å². The molecule has 0 saturated carbocycles. The van der Waals surface area contributed by atoms with Crippen molar-refractivity contribution >= 4 is 5.69 Å². The molecule has 0 fully saturated rings. The molecular weight excluding hydrogens is 270 g/mol. The first-order valence-electron chi connectivity index (χ1n) is 6.52. The third-order valence-corrected chi connectivity index (χ3v) is 3.13. The van der Waals surface area contributed by atoms with Crippen molar-refractivity contribution in [3.63, 3.8) is 0 Å². The highest BCUT2D eigenvalue weighted by atomic mass is 16.6. The van der Waals surface area contributed by atoms with Gasteiger partial charge in [-0.15, -0.1) is 0 Å². The van der Waals surface area contributed by atoms with Gasteiger partial charge in [-0.05, 0) is 37.6 Å². The first kappa shape index (κ1) is 14.8. The number of rotatable bonds is 5. The highest BCUT2D eigenvalue weighted by molar-refractivity contribution is 5.48. The molecule has 2 aromatic carbocycles. The van der Waals surface area contributed by atoms with Gasteiger partial charge < -0.3 is 9.47 Å². The Morgan fingerprint density at radius 3 is 2.29 bits per heavy atom. The summed E-state index contributed by atoms with van der Waals surface area (Å²) >= 11 is 0. The van der Waals surface area contributed by atoms with Gasteiger partial charge in [0.2, 0.25) is 0 Å². The predicted octanol–water partition coefficient (Wildman–Crippen LogP) is 3.80. The van der Waals surface area contributed by atoms with E-state index < -0.39 is 4.92 Å². The second-order valence-corrected chi connectivity index (χ2v) is 4.83. The maximum Gasteiger partial charge on any atom is 0.311 e. The van der Waals surface area contributed by atoms with Crippen molar-refractivity contribution in [2.45, 2.75) is 20.5 Å². The molecule has 0 aliphatic heterocycles. The van der Waals surface area contributed by atoms with Crippen LogP contribution in [0, 0.1) is 24.0 Å². The van der Waals surface area contributed by atoms with E-state index in [2.05, 4.69) is 0 Å². The van der Waals surface area contributed by atoms with Crippen molar-refractivity contribution in [2.24, 2.45) is 0 Å². The molecule has 0 N–H and O–H groups in total.